The van der Waals surface area contributed by atoms with Crippen molar-refractivity contribution in [3.8, 4) is 17.1 Å². The van der Waals surface area contributed by atoms with Gasteiger partial charge in [-0.05, 0) is 31.2 Å². The molecule has 0 fully saturated rings. The molecular weight excluding hydrogens is 196 g/mol. The van der Waals surface area contributed by atoms with Crippen molar-refractivity contribution >= 4 is 0 Å². The van der Waals surface area contributed by atoms with E-state index in [4.69, 9.17) is 13.6 Å². The van der Waals surface area contributed by atoms with E-state index in [1.807, 2.05) is 0 Å². The molecule has 0 bridgehead atoms. The van der Waals surface area contributed by atoms with Crippen LogP contribution in [0.1, 0.15) is 5.76 Å². The van der Waals surface area contributed by atoms with Crippen LogP contribution in [0.2, 0.25) is 0 Å². The van der Waals surface area contributed by atoms with E-state index >= 15 is 0 Å². The summed E-state index contributed by atoms with van der Waals surface area (Å²) in [5, 5.41) is 0. The van der Waals surface area contributed by atoms with E-state index < -0.39 is 5.82 Å². The highest BCUT2D eigenvalue weighted by atomic mass is 16.6. The number of hydrogen-bond acceptors (Lipinski definition) is 4. The molecular formula is C11H10O4. The van der Waals surface area contributed by atoms with E-state index in [0.717, 1.165) is 11.3 Å². The fraction of sp³-hybridized carbons (Fsp3) is 0.182. The summed E-state index contributed by atoms with van der Waals surface area (Å²) >= 11 is 0. The lowest BCUT2D eigenvalue weighted by molar-refractivity contribution is 0.381. The molecule has 0 amide bonds. The molecule has 2 aromatic rings. The van der Waals surface area contributed by atoms with Crippen molar-refractivity contribution in [2.45, 2.75) is 6.92 Å². The Bertz CT molecular complexity index is 504. The van der Waals surface area contributed by atoms with E-state index in [9.17, 15) is 4.79 Å². The van der Waals surface area contributed by atoms with Gasteiger partial charge in [0.1, 0.15) is 5.75 Å². The Kier molecular flexibility index (Phi) is 2.33. The van der Waals surface area contributed by atoms with E-state index in [2.05, 4.69) is 0 Å². The average molecular weight is 206 g/mol. The average Bonchev–Trinajstić information content (AvgIpc) is 2.58. The SMILES string of the molecule is COc1ccc(-c2oc(=O)oc2C)cc1. The predicted molar refractivity (Wildman–Crippen MR) is 54.0 cm³/mol. The molecule has 1 aromatic carbocycles. The van der Waals surface area contributed by atoms with Crippen LogP contribution in [0, 0.1) is 6.92 Å². The predicted octanol–water partition coefficient (Wildman–Crippen LogP) is 2.22. The van der Waals surface area contributed by atoms with Crippen molar-refractivity contribution in [2.75, 3.05) is 7.11 Å². The molecule has 0 unspecified atom stereocenters. The van der Waals surface area contributed by atoms with Gasteiger partial charge in [0.05, 0.1) is 7.11 Å². The highest BCUT2D eigenvalue weighted by Gasteiger charge is 2.10. The third-order valence-electron chi connectivity index (χ3n) is 2.09. The third kappa shape index (κ3) is 1.79. The molecule has 4 heteroatoms. The molecule has 4 nitrogen and oxygen atoms in total. The lowest BCUT2D eigenvalue weighted by Crippen LogP contribution is -1.85. The van der Waals surface area contributed by atoms with Gasteiger partial charge in [-0.15, -0.1) is 0 Å². The smallest absolute Gasteiger partial charge is 0.497 e. The van der Waals surface area contributed by atoms with Gasteiger partial charge >= 0.3 is 5.82 Å². The number of benzene rings is 1. The first kappa shape index (κ1) is 9.58. The van der Waals surface area contributed by atoms with Gasteiger partial charge in [0.25, 0.3) is 0 Å². The van der Waals surface area contributed by atoms with Crippen molar-refractivity contribution in [1.82, 2.24) is 0 Å². The molecule has 0 aliphatic rings. The van der Waals surface area contributed by atoms with Gasteiger partial charge in [0.2, 0.25) is 0 Å². The van der Waals surface area contributed by atoms with E-state index in [1.165, 1.54) is 0 Å². The monoisotopic (exact) mass is 206 g/mol. The second-order valence-electron chi connectivity index (χ2n) is 3.07. The highest BCUT2D eigenvalue weighted by molar-refractivity contribution is 5.59. The molecule has 0 N–H and O–H groups in total. The van der Waals surface area contributed by atoms with Gasteiger partial charge in [-0.2, -0.15) is 0 Å². The summed E-state index contributed by atoms with van der Waals surface area (Å²) in [5.41, 5.74) is 0.791. The van der Waals surface area contributed by atoms with Crippen LogP contribution in [0.3, 0.4) is 0 Å². The molecule has 0 saturated heterocycles. The van der Waals surface area contributed by atoms with Gasteiger partial charge < -0.3 is 13.6 Å². The standard InChI is InChI=1S/C11H10O4/c1-7-10(15-11(12)14-7)8-3-5-9(13-2)6-4-8/h3-6H,1-2H3. The van der Waals surface area contributed by atoms with Crippen molar-refractivity contribution in [2.24, 2.45) is 0 Å². The van der Waals surface area contributed by atoms with Crippen LogP contribution < -0.4 is 10.6 Å². The maximum Gasteiger partial charge on any atom is 0.519 e. The lowest BCUT2D eigenvalue weighted by atomic mass is 10.1. The van der Waals surface area contributed by atoms with Gasteiger partial charge in [-0.25, -0.2) is 4.79 Å². The number of hydrogen-bond donors (Lipinski definition) is 0. The summed E-state index contributed by atoms with van der Waals surface area (Å²) in [5.74, 6) is 1.01. The highest BCUT2D eigenvalue weighted by Crippen LogP contribution is 2.24. The van der Waals surface area contributed by atoms with Gasteiger partial charge in [0, 0.05) is 5.56 Å². The van der Waals surface area contributed by atoms with Crippen molar-refractivity contribution in [1.29, 1.82) is 0 Å². The van der Waals surface area contributed by atoms with Gasteiger partial charge in [0.15, 0.2) is 11.5 Å². The Morgan fingerprint density at radius 2 is 1.80 bits per heavy atom. The first-order chi connectivity index (χ1) is 7.20. The first-order valence-corrected chi connectivity index (χ1v) is 4.45. The fourth-order valence-electron chi connectivity index (χ4n) is 1.35. The molecule has 2 rings (SSSR count). The van der Waals surface area contributed by atoms with E-state index in [0.29, 0.717) is 11.5 Å². The minimum Gasteiger partial charge on any atom is -0.497 e. The molecule has 1 aromatic heterocycles. The first-order valence-electron chi connectivity index (χ1n) is 4.45. The van der Waals surface area contributed by atoms with Crippen LogP contribution >= 0.6 is 0 Å². The molecule has 0 aliphatic heterocycles. The molecule has 0 aliphatic carbocycles. The molecule has 1 heterocycles. The molecule has 0 atom stereocenters. The van der Waals surface area contributed by atoms with Crippen molar-refractivity contribution in [3.63, 3.8) is 0 Å². The number of aryl methyl sites for hydroxylation is 1. The molecule has 0 saturated carbocycles. The van der Waals surface area contributed by atoms with E-state index in [1.54, 1.807) is 38.3 Å². The Morgan fingerprint density at radius 1 is 1.13 bits per heavy atom. The van der Waals surface area contributed by atoms with Gasteiger partial charge in [-0.3, -0.25) is 0 Å². The zero-order valence-corrected chi connectivity index (χ0v) is 8.44. The summed E-state index contributed by atoms with van der Waals surface area (Å²) in [7, 11) is 1.60. The van der Waals surface area contributed by atoms with Crippen LogP contribution in [-0.4, -0.2) is 7.11 Å². The largest absolute Gasteiger partial charge is 0.519 e. The van der Waals surface area contributed by atoms with E-state index in [-0.39, 0.29) is 0 Å². The maximum atomic E-state index is 10.8. The topological polar surface area (TPSA) is 52.6 Å². The molecule has 0 spiro atoms. The Morgan fingerprint density at radius 3 is 2.27 bits per heavy atom. The molecule has 0 radical (unpaired) electrons. The summed E-state index contributed by atoms with van der Waals surface area (Å²) in [4.78, 5) is 10.8. The maximum absolute atomic E-state index is 10.8. The fourth-order valence-corrected chi connectivity index (χ4v) is 1.35. The summed E-state index contributed by atoms with van der Waals surface area (Å²) < 4.78 is 14.7. The van der Waals surface area contributed by atoms with Crippen LogP contribution in [0.5, 0.6) is 5.75 Å². The Balaban J connectivity index is 2.45. The summed E-state index contributed by atoms with van der Waals surface area (Å²) in [6.07, 6.45) is 0. The minimum atomic E-state index is -0.682. The minimum absolute atomic E-state index is 0.461. The van der Waals surface area contributed by atoms with Gasteiger partial charge in [-0.1, -0.05) is 0 Å². The number of methoxy groups -OCH3 is 1. The second kappa shape index (κ2) is 3.65. The summed E-state index contributed by atoms with van der Waals surface area (Å²) in [6, 6.07) is 7.20. The zero-order valence-electron chi connectivity index (χ0n) is 8.44. The van der Waals surface area contributed by atoms with Crippen LogP contribution in [0.25, 0.3) is 11.3 Å². The van der Waals surface area contributed by atoms with Crippen molar-refractivity contribution in [3.05, 3.63) is 40.6 Å². The second-order valence-corrected chi connectivity index (χ2v) is 3.07. The normalized spacial score (nSPS) is 10.3. The van der Waals surface area contributed by atoms with Crippen LogP contribution in [0.15, 0.2) is 37.9 Å². The quantitative estimate of drug-likeness (QED) is 0.755. The molecule has 78 valence electrons. The van der Waals surface area contributed by atoms with Crippen molar-refractivity contribution < 1.29 is 13.6 Å². The number of rotatable bonds is 2. The Hall–Kier alpha value is -1.97. The number of ether oxygens (including phenoxy) is 1. The zero-order chi connectivity index (χ0) is 10.8. The summed E-state index contributed by atoms with van der Waals surface area (Å²) in [6.45, 7) is 1.68. The van der Waals surface area contributed by atoms with Crippen LogP contribution in [-0.2, 0) is 0 Å². The molecule has 15 heavy (non-hydrogen) atoms. The lowest BCUT2D eigenvalue weighted by Gasteiger charge is -2.00. The Labute approximate surface area is 86.1 Å². The van der Waals surface area contributed by atoms with Crippen LogP contribution in [0.4, 0.5) is 0 Å². The third-order valence-corrected chi connectivity index (χ3v) is 2.09.